The largest absolute Gasteiger partial charge is 0.417 e. The van der Waals surface area contributed by atoms with Crippen molar-refractivity contribution in [1.29, 1.82) is 0 Å². The van der Waals surface area contributed by atoms with Crippen LogP contribution in [0.15, 0.2) is 18.3 Å². The third-order valence-corrected chi connectivity index (χ3v) is 4.40. The summed E-state index contributed by atoms with van der Waals surface area (Å²) in [7, 11) is 3.32. The highest BCUT2D eigenvalue weighted by molar-refractivity contribution is 5.80. The Hall–Kier alpha value is -2.32. The number of aromatic nitrogens is 1. The lowest BCUT2D eigenvalue weighted by Crippen LogP contribution is -2.41. The van der Waals surface area contributed by atoms with Gasteiger partial charge in [-0.3, -0.25) is 9.59 Å². The molecule has 1 aromatic heterocycles. The van der Waals surface area contributed by atoms with E-state index in [4.69, 9.17) is 0 Å². The summed E-state index contributed by atoms with van der Waals surface area (Å²) >= 11 is 0. The molecule has 0 unspecified atom stereocenters. The molecule has 9 heteroatoms. The van der Waals surface area contributed by atoms with E-state index >= 15 is 0 Å². The number of nitrogens with one attached hydrogen (secondary N) is 1. The van der Waals surface area contributed by atoms with Gasteiger partial charge in [0.05, 0.1) is 5.56 Å². The Morgan fingerprint density at radius 1 is 1.27 bits per heavy atom. The van der Waals surface area contributed by atoms with E-state index in [2.05, 4.69) is 10.3 Å². The Morgan fingerprint density at radius 3 is 2.42 bits per heavy atom. The zero-order valence-corrected chi connectivity index (χ0v) is 14.8. The summed E-state index contributed by atoms with van der Waals surface area (Å²) < 4.78 is 37.7. The molecule has 2 amide bonds. The van der Waals surface area contributed by atoms with Gasteiger partial charge in [-0.25, -0.2) is 4.98 Å². The SMILES string of the molecule is CN(C)C(=O)CCNC(=O)C1CCN(c2ccc(C(F)(F)F)cn2)CC1. The van der Waals surface area contributed by atoms with Crippen molar-refractivity contribution in [3.63, 3.8) is 0 Å². The Bertz CT molecular complexity index is 624. The van der Waals surface area contributed by atoms with Crippen LogP contribution in [0, 0.1) is 5.92 Å². The highest BCUT2D eigenvalue weighted by atomic mass is 19.4. The summed E-state index contributed by atoms with van der Waals surface area (Å²) in [5.41, 5.74) is -0.775. The zero-order chi connectivity index (χ0) is 19.3. The number of anilines is 1. The first-order valence-electron chi connectivity index (χ1n) is 8.44. The van der Waals surface area contributed by atoms with Gasteiger partial charge in [0.1, 0.15) is 5.82 Å². The summed E-state index contributed by atoms with van der Waals surface area (Å²) in [5.74, 6) is 0.189. The van der Waals surface area contributed by atoms with Gasteiger partial charge in [0.2, 0.25) is 11.8 Å². The molecule has 144 valence electrons. The first-order chi connectivity index (χ1) is 12.2. The molecule has 1 saturated heterocycles. The standard InChI is InChI=1S/C17H23F3N4O2/c1-23(2)15(25)5-8-21-16(26)12-6-9-24(10-7-12)14-4-3-13(11-22-14)17(18,19)20/h3-4,11-12H,5-10H2,1-2H3,(H,21,26). The van der Waals surface area contributed by atoms with E-state index in [1.54, 1.807) is 14.1 Å². The van der Waals surface area contributed by atoms with E-state index in [1.807, 2.05) is 4.90 Å². The second kappa shape index (κ2) is 8.37. The van der Waals surface area contributed by atoms with Gasteiger partial charge < -0.3 is 15.1 Å². The minimum absolute atomic E-state index is 0.0477. The molecule has 26 heavy (non-hydrogen) atoms. The van der Waals surface area contributed by atoms with Crippen LogP contribution >= 0.6 is 0 Å². The predicted octanol–water partition coefficient (Wildman–Crippen LogP) is 1.91. The molecule has 0 atom stereocenters. The quantitative estimate of drug-likeness (QED) is 0.858. The molecule has 6 nitrogen and oxygen atoms in total. The second-order valence-electron chi connectivity index (χ2n) is 6.49. The summed E-state index contributed by atoms with van der Waals surface area (Å²) in [6, 6.07) is 2.37. The molecule has 0 spiro atoms. The van der Waals surface area contributed by atoms with E-state index in [-0.39, 0.29) is 24.2 Å². The molecule has 1 N–H and O–H groups in total. The van der Waals surface area contributed by atoms with Gasteiger partial charge >= 0.3 is 6.18 Å². The lowest BCUT2D eigenvalue weighted by molar-refractivity contribution is -0.138. The van der Waals surface area contributed by atoms with Crippen LogP contribution in [-0.2, 0) is 15.8 Å². The maximum Gasteiger partial charge on any atom is 0.417 e. The normalized spacial score (nSPS) is 15.7. The molecule has 1 fully saturated rings. The summed E-state index contributed by atoms with van der Waals surface area (Å²) in [5, 5.41) is 2.77. The van der Waals surface area contributed by atoms with Crippen LogP contribution in [0.4, 0.5) is 19.0 Å². The number of amides is 2. The molecule has 2 rings (SSSR count). The number of hydrogen-bond acceptors (Lipinski definition) is 4. The molecule has 0 radical (unpaired) electrons. The average molecular weight is 372 g/mol. The number of rotatable bonds is 5. The molecular weight excluding hydrogens is 349 g/mol. The van der Waals surface area contributed by atoms with E-state index in [9.17, 15) is 22.8 Å². The van der Waals surface area contributed by atoms with E-state index in [0.717, 1.165) is 12.3 Å². The van der Waals surface area contributed by atoms with E-state index in [1.165, 1.54) is 11.0 Å². The first kappa shape index (κ1) is 20.0. The molecule has 1 aliphatic rings. The van der Waals surface area contributed by atoms with Crippen LogP contribution in [-0.4, -0.2) is 55.4 Å². The third-order valence-electron chi connectivity index (χ3n) is 4.40. The van der Waals surface area contributed by atoms with Crippen molar-refractivity contribution < 1.29 is 22.8 Å². The third kappa shape index (κ3) is 5.34. The molecule has 1 aromatic rings. The molecule has 0 bridgehead atoms. The number of piperidine rings is 1. The Kier molecular flexibility index (Phi) is 6.44. The van der Waals surface area contributed by atoms with Crippen LogP contribution < -0.4 is 10.2 Å². The summed E-state index contributed by atoms with van der Waals surface area (Å²) in [6.07, 6.45) is -2.13. The van der Waals surface area contributed by atoms with Crippen molar-refractivity contribution in [3.8, 4) is 0 Å². The Morgan fingerprint density at radius 2 is 1.92 bits per heavy atom. The van der Waals surface area contributed by atoms with Crippen LogP contribution in [0.3, 0.4) is 0 Å². The minimum atomic E-state index is -4.40. The lowest BCUT2D eigenvalue weighted by atomic mass is 9.96. The highest BCUT2D eigenvalue weighted by Crippen LogP contribution is 2.30. The maximum absolute atomic E-state index is 12.6. The van der Waals surface area contributed by atoms with Gasteiger partial charge in [-0.15, -0.1) is 0 Å². The number of nitrogens with zero attached hydrogens (tertiary/aromatic N) is 3. The van der Waals surface area contributed by atoms with Crippen LogP contribution in [0.1, 0.15) is 24.8 Å². The zero-order valence-electron chi connectivity index (χ0n) is 14.8. The Balaban J connectivity index is 1.79. The van der Waals surface area contributed by atoms with Crippen molar-refractivity contribution in [2.45, 2.75) is 25.4 Å². The van der Waals surface area contributed by atoms with Gasteiger partial charge in [-0.2, -0.15) is 13.2 Å². The van der Waals surface area contributed by atoms with E-state index < -0.39 is 11.7 Å². The van der Waals surface area contributed by atoms with Crippen LogP contribution in [0.2, 0.25) is 0 Å². The fourth-order valence-electron chi connectivity index (χ4n) is 2.77. The van der Waals surface area contributed by atoms with Crippen molar-refractivity contribution in [2.24, 2.45) is 5.92 Å². The van der Waals surface area contributed by atoms with Crippen molar-refractivity contribution in [2.75, 3.05) is 38.6 Å². The first-order valence-corrected chi connectivity index (χ1v) is 8.44. The van der Waals surface area contributed by atoms with Crippen molar-refractivity contribution >= 4 is 17.6 Å². The fraction of sp³-hybridized carbons (Fsp3) is 0.588. The van der Waals surface area contributed by atoms with E-state index in [0.29, 0.717) is 38.3 Å². The predicted molar refractivity (Wildman–Crippen MR) is 90.5 cm³/mol. The van der Waals surface area contributed by atoms with Gasteiger partial charge in [-0.1, -0.05) is 0 Å². The molecule has 0 aliphatic carbocycles. The lowest BCUT2D eigenvalue weighted by Gasteiger charge is -2.32. The van der Waals surface area contributed by atoms with Crippen LogP contribution in [0.5, 0.6) is 0 Å². The maximum atomic E-state index is 12.6. The molecule has 0 aromatic carbocycles. The Labute approximate surface area is 150 Å². The van der Waals surface area contributed by atoms with Crippen molar-refractivity contribution in [3.05, 3.63) is 23.9 Å². The topological polar surface area (TPSA) is 65.5 Å². The summed E-state index contributed by atoms with van der Waals surface area (Å²) in [4.78, 5) is 30.9. The molecule has 2 heterocycles. The summed E-state index contributed by atoms with van der Waals surface area (Å²) in [6.45, 7) is 1.40. The molecule has 0 saturated carbocycles. The van der Waals surface area contributed by atoms with Gasteiger partial charge in [0.25, 0.3) is 0 Å². The molecular formula is C17H23F3N4O2. The van der Waals surface area contributed by atoms with Crippen molar-refractivity contribution in [1.82, 2.24) is 15.2 Å². The number of hydrogen-bond donors (Lipinski definition) is 1. The highest BCUT2D eigenvalue weighted by Gasteiger charge is 2.31. The average Bonchev–Trinajstić information content (AvgIpc) is 2.61. The fourth-order valence-corrected chi connectivity index (χ4v) is 2.77. The monoisotopic (exact) mass is 372 g/mol. The van der Waals surface area contributed by atoms with Crippen LogP contribution in [0.25, 0.3) is 0 Å². The number of pyridine rings is 1. The van der Waals surface area contributed by atoms with Gasteiger partial charge in [-0.05, 0) is 25.0 Å². The number of carbonyl (C=O) groups excluding carboxylic acids is 2. The minimum Gasteiger partial charge on any atom is -0.357 e. The molecule has 1 aliphatic heterocycles. The van der Waals surface area contributed by atoms with Gasteiger partial charge in [0.15, 0.2) is 0 Å². The smallest absolute Gasteiger partial charge is 0.357 e. The number of alkyl halides is 3. The van der Waals surface area contributed by atoms with Gasteiger partial charge in [0, 0.05) is 52.3 Å². The number of carbonyl (C=O) groups is 2. The second-order valence-corrected chi connectivity index (χ2v) is 6.49. The number of halogens is 3.